The molecule has 23 heavy (non-hydrogen) atoms. The zero-order valence-corrected chi connectivity index (χ0v) is 13.6. The molecule has 1 aromatic carbocycles. The molecule has 1 aromatic heterocycles. The Balaban J connectivity index is 2.14. The summed E-state index contributed by atoms with van der Waals surface area (Å²) in [5, 5.41) is 4.26. The maximum Gasteiger partial charge on any atom is 0.129 e. The van der Waals surface area contributed by atoms with Gasteiger partial charge in [0.05, 0.1) is 0 Å². The molecule has 0 fully saturated rings. The molecule has 0 saturated heterocycles. The Kier molecular flexibility index (Phi) is 6.69. The third-order valence-corrected chi connectivity index (χ3v) is 3.60. The van der Waals surface area contributed by atoms with Gasteiger partial charge in [-0.25, -0.2) is 4.39 Å². The first-order valence-corrected chi connectivity index (χ1v) is 7.83. The van der Waals surface area contributed by atoms with Crippen molar-refractivity contribution in [2.24, 2.45) is 5.16 Å². The third-order valence-electron chi connectivity index (χ3n) is 3.60. The number of pyridine rings is 1. The van der Waals surface area contributed by atoms with Crippen LogP contribution in [-0.4, -0.2) is 41.8 Å². The summed E-state index contributed by atoms with van der Waals surface area (Å²) in [5.41, 5.74) is 2.28. The van der Waals surface area contributed by atoms with Gasteiger partial charge < -0.3 is 9.74 Å². The topological polar surface area (TPSA) is 37.7 Å². The van der Waals surface area contributed by atoms with Crippen LogP contribution < -0.4 is 0 Å². The fourth-order valence-electron chi connectivity index (χ4n) is 2.20. The normalized spacial score (nSPS) is 11.7. The van der Waals surface area contributed by atoms with Crippen molar-refractivity contribution in [3.05, 3.63) is 65.7 Å². The van der Waals surface area contributed by atoms with Gasteiger partial charge in [0.1, 0.15) is 18.1 Å². The van der Waals surface area contributed by atoms with E-state index in [0.717, 1.165) is 30.8 Å². The van der Waals surface area contributed by atoms with Crippen molar-refractivity contribution >= 4 is 5.71 Å². The van der Waals surface area contributed by atoms with Crippen LogP contribution in [-0.2, 0) is 4.84 Å². The minimum Gasteiger partial charge on any atom is -0.394 e. The highest BCUT2D eigenvalue weighted by Gasteiger charge is 2.09. The zero-order chi connectivity index (χ0) is 16.5. The molecule has 0 saturated carbocycles. The van der Waals surface area contributed by atoms with Crippen molar-refractivity contribution in [3.63, 3.8) is 0 Å². The van der Waals surface area contributed by atoms with Crippen LogP contribution in [0.2, 0.25) is 0 Å². The lowest BCUT2D eigenvalue weighted by atomic mass is 10.0. The van der Waals surface area contributed by atoms with Gasteiger partial charge >= 0.3 is 0 Å². The van der Waals surface area contributed by atoms with Crippen molar-refractivity contribution in [2.75, 3.05) is 26.2 Å². The first kappa shape index (κ1) is 17.1. The highest BCUT2D eigenvalue weighted by Crippen LogP contribution is 2.11. The van der Waals surface area contributed by atoms with E-state index in [1.807, 2.05) is 12.1 Å². The number of hydrogen-bond acceptors (Lipinski definition) is 4. The van der Waals surface area contributed by atoms with Gasteiger partial charge in [-0.15, -0.1) is 0 Å². The molecule has 0 aliphatic rings. The quantitative estimate of drug-likeness (QED) is 0.426. The number of likely N-dealkylation sites (N-methyl/N-ethyl adjacent to an activating group) is 1. The number of halogens is 1. The first-order chi connectivity index (χ1) is 11.2. The second kappa shape index (κ2) is 9.00. The van der Waals surface area contributed by atoms with E-state index in [9.17, 15) is 4.39 Å². The van der Waals surface area contributed by atoms with Crippen LogP contribution in [0.5, 0.6) is 0 Å². The number of nitrogens with zero attached hydrogens (tertiary/aromatic N) is 3. The Labute approximate surface area is 136 Å². The fourth-order valence-corrected chi connectivity index (χ4v) is 2.20. The molecule has 0 amide bonds. The van der Waals surface area contributed by atoms with Crippen molar-refractivity contribution in [2.45, 2.75) is 13.8 Å². The predicted octanol–water partition coefficient (Wildman–Crippen LogP) is 3.33. The summed E-state index contributed by atoms with van der Waals surface area (Å²) in [6, 6.07) is 9.95. The summed E-state index contributed by atoms with van der Waals surface area (Å²) in [4.78, 5) is 11.9. The fraction of sp³-hybridized carbons (Fsp3) is 0.333. The SMILES string of the molecule is CCN(CC)CCO/N=C(/c1ccc(F)cc1)c1cccnc1. The minimum atomic E-state index is -0.276. The lowest BCUT2D eigenvalue weighted by molar-refractivity contribution is 0.114. The van der Waals surface area contributed by atoms with Crippen LogP contribution in [0, 0.1) is 5.82 Å². The maximum absolute atomic E-state index is 13.1. The van der Waals surface area contributed by atoms with Gasteiger partial charge in [0, 0.05) is 30.1 Å². The number of rotatable bonds is 8. The Morgan fingerprint density at radius 2 is 1.87 bits per heavy atom. The molecule has 0 aliphatic carbocycles. The standard InChI is InChI=1S/C18H22FN3O/c1-3-22(4-2)12-13-23-21-18(16-6-5-11-20-14-16)15-7-9-17(19)10-8-15/h5-11,14H,3-4,12-13H2,1-2H3/b21-18-. The van der Waals surface area contributed by atoms with Crippen molar-refractivity contribution in [1.82, 2.24) is 9.88 Å². The number of aromatic nitrogens is 1. The molecule has 1 heterocycles. The lowest BCUT2D eigenvalue weighted by Crippen LogP contribution is -2.26. The van der Waals surface area contributed by atoms with Crippen LogP contribution in [0.3, 0.4) is 0 Å². The molecule has 0 N–H and O–H groups in total. The molecule has 0 atom stereocenters. The van der Waals surface area contributed by atoms with Crippen LogP contribution in [0.15, 0.2) is 53.9 Å². The predicted molar refractivity (Wildman–Crippen MR) is 90.0 cm³/mol. The first-order valence-electron chi connectivity index (χ1n) is 7.83. The van der Waals surface area contributed by atoms with Crippen LogP contribution in [0.25, 0.3) is 0 Å². The lowest BCUT2D eigenvalue weighted by Gasteiger charge is -2.16. The van der Waals surface area contributed by atoms with Gasteiger partial charge in [-0.05, 0) is 49.5 Å². The van der Waals surface area contributed by atoms with Crippen molar-refractivity contribution < 1.29 is 9.23 Å². The monoisotopic (exact) mass is 315 g/mol. The third kappa shape index (κ3) is 5.14. The molecule has 122 valence electrons. The number of benzene rings is 1. The van der Waals surface area contributed by atoms with E-state index >= 15 is 0 Å². The highest BCUT2D eigenvalue weighted by atomic mass is 19.1. The summed E-state index contributed by atoms with van der Waals surface area (Å²) in [5.74, 6) is -0.276. The van der Waals surface area contributed by atoms with E-state index in [-0.39, 0.29) is 5.82 Å². The summed E-state index contributed by atoms with van der Waals surface area (Å²) >= 11 is 0. The summed E-state index contributed by atoms with van der Waals surface area (Å²) in [6.07, 6.45) is 3.42. The largest absolute Gasteiger partial charge is 0.394 e. The summed E-state index contributed by atoms with van der Waals surface area (Å²) in [7, 11) is 0. The van der Waals surface area contributed by atoms with E-state index in [4.69, 9.17) is 4.84 Å². The van der Waals surface area contributed by atoms with Gasteiger partial charge in [0.25, 0.3) is 0 Å². The van der Waals surface area contributed by atoms with E-state index in [1.54, 1.807) is 24.5 Å². The van der Waals surface area contributed by atoms with Gasteiger partial charge in [-0.3, -0.25) is 4.98 Å². The molecule has 0 spiro atoms. The zero-order valence-electron chi connectivity index (χ0n) is 13.6. The molecule has 0 unspecified atom stereocenters. The number of hydrogen-bond donors (Lipinski definition) is 0. The second-order valence-electron chi connectivity index (χ2n) is 5.05. The molecular weight excluding hydrogens is 293 g/mol. The Morgan fingerprint density at radius 3 is 2.48 bits per heavy atom. The van der Waals surface area contributed by atoms with Crippen molar-refractivity contribution in [3.8, 4) is 0 Å². The van der Waals surface area contributed by atoms with E-state index in [1.165, 1.54) is 12.1 Å². The molecule has 0 bridgehead atoms. The Bertz CT molecular complexity index is 610. The van der Waals surface area contributed by atoms with Gasteiger partial charge in [0.2, 0.25) is 0 Å². The minimum absolute atomic E-state index is 0.276. The Hall–Kier alpha value is -2.27. The van der Waals surface area contributed by atoms with Gasteiger partial charge in [0.15, 0.2) is 0 Å². The van der Waals surface area contributed by atoms with Crippen molar-refractivity contribution in [1.29, 1.82) is 0 Å². The molecule has 5 heteroatoms. The van der Waals surface area contributed by atoms with Gasteiger partial charge in [-0.2, -0.15) is 0 Å². The molecule has 0 aliphatic heterocycles. The molecule has 0 radical (unpaired) electrons. The molecule has 2 rings (SSSR count). The second-order valence-corrected chi connectivity index (χ2v) is 5.05. The number of oxime groups is 1. The van der Waals surface area contributed by atoms with Crippen LogP contribution >= 0.6 is 0 Å². The van der Waals surface area contributed by atoms with E-state index < -0.39 is 0 Å². The van der Waals surface area contributed by atoms with E-state index in [0.29, 0.717) is 12.3 Å². The smallest absolute Gasteiger partial charge is 0.129 e. The highest BCUT2D eigenvalue weighted by molar-refractivity contribution is 6.12. The van der Waals surface area contributed by atoms with Crippen LogP contribution in [0.4, 0.5) is 4.39 Å². The molecular formula is C18H22FN3O. The average Bonchev–Trinajstić information content (AvgIpc) is 2.60. The van der Waals surface area contributed by atoms with E-state index in [2.05, 4.69) is 28.9 Å². The summed E-state index contributed by atoms with van der Waals surface area (Å²) < 4.78 is 13.1. The van der Waals surface area contributed by atoms with Crippen LogP contribution in [0.1, 0.15) is 25.0 Å². The molecule has 2 aromatic rings. The maximum atomic E-state index is 13.1. The Morgan fingerprint density at radius 1 is 1.13 bits per heavy atom. The average molecular weight is 315 g/mol. The van der Waals surface area contributed by atoms with Gasteiger partial charge in [-0.1, -0.05) is 19.0 Å². The molecule has 4 nitrogen and oxygen atoms in total. The summed E-state index contributed by atoms with van der Waals surface area (Å²) in [6.45, 7) is 7.53.